The maximum absolute atomic E-state index is 12.8. The number of amides is 2. The predicted molar refractivity (Wildman–Crippen MR) is 103 cm³/mol. The van der Waals surface area contributed by atoms with Crippen molar-refractivity contribution >= 4 is 34.1 Å². The van der Waals surface area contributed by atoms with Crippen LogP contribution in [-0.4, -0.2) is 54.7 Å². The summed E-state index contributed by atoms with van der Waals surface area (Å²) in [6, 6.07) is 4.20. The SMILES string of the molecule is C=CC[C@@H](NC(=O)O)C(=O)[N+](=Cc1ccc(OC)cc1OC)CC(=C)Br. The fourth-order valence-corrected chi connectivity index (χ4v) is 2.47. The monoisotopic (exact) mass is 425 g/mol. The maximum Gasteiger partial charge on any atom is 0.410 e. The van der Waals surface area contributed by atoms with Gasteiger partial charge in [0.25, 0.3) is 0 Å². The van der Waals surface area contributed by atoms with Crippen LogP contribution in [0.4, 0.5) is 4.79 Å². The molecular weight excluding hydrogens is 404 g/mol. The number of carboxylic acid groups (broad SMARTS) is 1. The lowest BCUT2D eigenvalue weighted by Crippen LogP contribution is -2.45. The Hall–Kier alpha value is -2.61. The van der Waals surface area contributed by atoms with Crippen LogP contribution in [0.15, 0.2) is 41.9 Å². The van der Waals surface area contributed by atoms with Crippen molar-refractivity contribution < 1.29 is 28.7 Å². The van der Waals surface area contributed by atoms with E-state index in [4.69, 9.17) is 14.6 Å². The first-order valence-corrected chi connectivity index (χ1v) is 8.42. The van der Waals surface area contributed by atoms with Gasteiger partial charge in [-0.1, -0.05) is 12.7 Å². The van der Waals surface area contributed by atoms with Crippen molar-refractivity contribution in [3.05, 3.63) is 47.5 Å². The Morgan fingerprint density at radius 3 is 2.58 bits per heavy atom. The van der Waals surface area contributed by atoms with Crippen LogP contribution >= 0.6 is 15.9 Å². The van der Waals surface area contributed by atoms with Crippen molar-refractivity contribution in [2.24, 2.45) is 0 Å². The molecule has 140 valence electrons. The largest absolute Gasteiger partial charge is 0.497 e. The molecule has 0 fully saturated rings. The number of hydrogen-bond acceptors (Lipinski definition) is 4. The number of methoxy groups -OCH3 is 2. The van der Waals surface area contributed by atoms with E-state index in [0.717, 1.165) is 0 Å². The van der Waals surface area contributed by atoms with E-state index >= 15 is 0 Å². The van der Waals surface area contributed by atoms with Crippen LogP contribution in [0.3, 0.4) is 0 Å². The number of rotatable bonds is 9. The first-order chi connectivity index (χ1) is 12.3. The van der Waals surface area contributed by atoms with Gasteiger partial charge in [-0.3, -0.25) is 0 Å². The molecule has 1 aromatic rings. The Labute approximate surface area is 160 Å². The van der Waals surface area contributed by atoms with Crippen molar-refractivity contribution in [1.82, 2.24) is 5.32 Å². The van der Waals surface area contributed by atoms with Gasteiger partial charge in [0.1, 0.15) is 11.5 Å². The van der Waals surface area contributed by atoms with Crippen molar-refractivity contribution in [3.8, 4) is 11.5 Å². The molecule has 0 bridgehead atoms. The minimum Gasteiger partial charge on any atom is -0.497 e. The average molecular weight is 426 g/mol. The highest BCUT2D eigenvalue weighted by molar-refractivity contribution is 9.11. The van der Waals surface area contributed by atoms with Gasteiger partial charge in [-0.2, -0.15) is 4.58 Å². The van der Waals surface area contributed by atoms with Gasteiger partial charge in [-0.25, -0.2) is 9.59 Å². The molecule has 1 aromatic carbocycles. The fourth-order valence-electron chi connectivity index (χ4n) is 2.20. The summed E-state index contributed by atoms with van der Waals surface area (Å²) in [6.45, 7) is 7.47. The van der Waals surface area contributed by atoms with Crippen LogP contribution in [0.25, 0.3) is 0 Å². The van der Waals surface area contributed by atoms with Gasteiger partial charge in [0.2, 0.25) is 0 Å². The quantitative estimate of drug-likeness (QED) is 0.360. The first-order valence-electron chi connectivity index (χ1n) is 7.63. The molecule has 0 aliphatic carbocycles. The summed E-state index contributed by atoms with van der Waals surface area (Å²) in [5.41, 5.74) is 0.628. The second kappa shape index (κ2) is 10.4. The van der Waals surface area contributed by atoms with Gasteiger partial charge in [0, 0.05) is 6.07 Å². The van der Waals surface area contributed by atoms with Crippen LogP contribution in [0, 0.1) is 0 Å². The summed E-state index contributed by atoms with van der Waals surface area (Å²) in [5.74, 6) is 0.679. The van der Waals surface area contributed by atoms with Gasteiger partial charge in [0.05, 0.1) is 24.3 Å². The summed E-state index contributed by atoms with van der Waals surface area (Å²) in [5, 5.41) is 11.2. The number of carbonyl (C=O) groups is 2. The van der Waals surface area contributed by atoms with E-state index in [2.05, 4.69) is 34.4 Å². The van der Waals surface area contributed by atoms with Crippen molar-refractivity contribution in [1.29, 1.82) is 0 Å². The van der Waals surface area contributed by atoms with Gasteiger partial charge >= 0.3 is 12.0 Å². The zero-order chi connectivity index (χ0) is 19.7. The Morgan fingerprint density at radius 1 is 1.38 bits per heavy atom. The van der Waals surface area contributed by atoms with Crippen LogP contribution in [0.5, 0.6) is 11.5 Å². The third-order valence-electron chi connectivity index (χ3n) is 3.36. The summed E-state index contributed by atoms with van der Waals surface area (Å²) < 4.78 is 12.4. The average Bonchev–Trinajstić information content (AvgIpc) is 2.59. The lowest BCUT2D eigenvalue weighted by molar-refractivity contribution is -0.436. The third-order valence-corrected chi connectivity index (χ3v) is 3.61. The number of carbonyl (C=O) groups excluding carboxylic acids is 1. The number of halogens is 1. The molecule has 0 aliphatic heterocycles. The molecule has 0 aliphatic rings. The Kier molecular flexibility index (Phi) is 8.57. The molecule has 2 N–H and O–H groups in total. The van der Waals surface area contributed by atoms with E-state index in [1.807, 2.05) is 0 Å². The molecule has 26 heavy (non-hydrogen) atoms. The van der Waals surface area contributed by atoms with E-state index in [1.165, 1.54) is 17.8 Å². The Morgan fingerprint density at radius 2 is 2.08 bits per heavy atom. The zero-order valence-electron chi connectivity index (χ0n) is 14.7. The second-order valence-electron chi connectivity index (χ2n) is 5.25. The first kappa shape index (κ1) is 21.4. The predicted octanol–water partition coefficient (Wildman–Crippen LogP) is 2.78. The number of benzene rings is 1. The molecule has 0 spiro atoms. The van der Waals surface area contributed by atoms with Gasteiger partial charge in [0.15, 0.2) is 18.8 Å². The van der Waals surface area contributed by atoms with Crippen LogP contribution in [-0.2, 0) is 4.79 Å². The highest BCUT2D eigenvalue weighted by atomic mass is 79.9. The summed E-state index contributed by atoms with van der Waals surface area (Å²) >= 11 is 3.24. The molecule has 1 atom stereocenters. The van der Waals surface area contributed by atoms with E-state index in [0.29, 0.717) is 21.5 Å². The third kappa shape index (κ3) is 6.36. The number of hydrogen-bond donors (Lipinski definition) is 2. The fraction of sp³-hybridized carbons (Fsp3) is 0.278. The summed E-state index contributed by atoms with van der Waals surface area (Å²) in [6.07, 6.45) is 1.93. The van der Waals surface area contributed by atoms with Crippen LogP contribution < -0.4 is 14.8 Å². The summed E-state index contributed by atoms with van der Waals surface area (Å²) in [7, 11) is 3.05. The molecule has 0 saturated heterocycles. The minimum absolute atomic E-state index is 0.156. The maximum atomic E-state index is 12.8. The lowest BCUT2D eigenvalue weighted by atomic mass is 10.1. The minimum atomic E-state index is -1.29. The molecule has 2 amide bonds. The number of ether oxygens (including phenoxy) is 2. The number of nitrogens with zero attached hydrogens (tertiary/aromatic N) is 1. The smallest absolute Gasteiger partial charge is 0.410 e. The molecular formula is C18H22BrN2O5+. The molecule has 7 nitrogen and oxygen atoms in total. The topological polar surface area (TPSA) is 87.9 Å². The van der Waals surface area contributed by atoms with Crippen molar-refractivity contribution in [3.63, 3.8) is 0 Å². The molecule has 0 saturated carbocycles. The Bertz CT molecular complexity index is 730. The lowest BCUT2D eigenvalue weighted by Gasteiger charge is -2.12. The molecule has 0 aromatic heterocycles. The second-order valence-corrected chi connectivity index (χ2v) is 6.37. The Balaban J connectivity index is 3.33. The van der Waals surface area contributed by atoms with E-state index in [1.54, 1.807) is 31.5 Å². The standard InChI is InChI=1S/C18H21BrN2O5/c1-5-6-15(20-18(23)24)17(22)21(10-12(2)19)11-13-7-8-14(25-3)9-16(13)26-4/h5,7-9,11,15,20H,1-2,6,10H2,3-4H3/p+1/t15-/m1/s1. The molecule has 1 rings (SSSR count). The van der Waals surface area contributed by atoms with E-state index in [-0.39, 0.29) is 13.0 Å². The highest BCUT2D eigenvalue weighted by Crippen LogP contribution is 2.23. The zero-order valence-corrected chi connectivity index (χ0v) is 16.3. The van der Waals surface area contributed by atoms with E-state index in [9.17, 15) is 9.59 Å². The van der Waals surface area contributed by atoms with Gasteiger partial charge < -0.3 is 19.9 Å². The van der Waals surface area contributed by atoms with E-state index < -0.39 is 18.0 Å². The van der Waals surface area contributed by atoms with Crippen molar-refractivity contribution in [2.45, 2.75) is 12.5 Å². The normalized spacial score (nSPS) is 12.0. The van der Waals surface area contributed by atoms with Gasteiger partial charge in [-0.05, 0) is 34.5 Å². The molecule has 0 unspecified atom stereocenters. The van der Waals surface area contributed by atoms with Crippen LogP contribution in [0.1, 0.15) is 12.0 Å². The van der Waals surface area contributed by atoms with Gasteiger partial charge in [-0.15, -0.1) is 6.58 Å². The van der Waals surface area contributed by atoms with Crippen molar-refractivity contribution in [2.75, 3.05) is 20.8 Å². The highest BCUT2D eigenvalue weighted by Gasteiger charge is 2.30. The molecule has 8 heteroatoms. The summed E-state index contributed by atoms with van der Waals surface area (Å²) in [4.78, 5) is 23.8. The van der Waals surface area contributed by atoms with Crippen LogP contribution in [0.2, 0.25) is 0 Å². The molecule has 0 heterocycles. The number of nitrogens with one attached hydrogen (secondary N) is 1. The molecule has 0 radical (unpaired) electrons.